The lowest BCUT2D eigenvalue weighted by Gasteiger charge is -2.59. The molecule has 4 aliphatic rings. The van der Waals surface area contributed by atoms with E-state index < -0.39 is 16.6 Å². The maximum Gasteiger partial charge on any atom is 0.242 e. The van der Waals surface area contributed by atoms with Crippen LogP contribution in [-0.2, 0) is 8.85 Å². The highest BCUT2D eigenvalue weighted by molar-refractivity contribution is 6.70. The molecule has 0 bridgehead atoms. The number of rotatable bonds is 4. The monoisotopic (exact) mass is 446 g/mol. The Morgan fingerprint density at radius 1 is 0.867 bits per heavy atom. The van der Waals surface area contributed by atoms with Crippen LogP contribution >= 0.6 is 0 Å². The van der Waals surface area contributed by atoms with Gasteiger partial charge in [0, 0.05) is 0 Å². The molecule has 0 aromatic rings. The van der Waals surface area contributed by atoms with E-state index in [4.69, 9.17) is 8.85 Å². The van der Waals surface area contributed by atoms with Gasteiger partial charge in [-0.3, -0.25) is 0 Å². The molecular weight excluding hydrogens is 400 g/mol. The van der Waals surface area contributed by atoms with Gasteiger partial charge in [0.1, 0.15) is 0 Å². The van der Waals surface area contributed by atoms with E-state index >= 15 is 0 Å². The van der Waals surface area contributed by atoms with Gasteiger partial charge in [-0.2, -0.15) is 0 Å². The van der Waals surface area contributed by atoms with Gasteiger partial charge in [0.15, 0.2) is 8.32 Å². The molecule has 4 rings (SSSR count). The van der Waals surface area contributed by atoms with Crippen molar-refractivity contribution in [3.05, 3.63) is 23.5 Å². The van der Waals surface area contributed by atoms with Crippen LogP contribution in [0.25, 0.3) is 0 Å². The van der Waals surface area contributed by atoms with Crippen molar-refractivity contribution in [3.8, 4) is 0 Å². The van der Waals surface area contributed by atoms with E-state index in [9.17, 15) is 0 Å². The summed E-state index contributed by atoms with van der Waals surface area (Å²) in [5.74, 6) is 3.69. The Morgan fingerprint density at radius 2 is 1.53 bits per heavy atom. The fourth-order valence-electron chi connectivity index (χ4n) is 7.88. The summed E-state index contributed by atoms with van der Waals surface area (Å²) in [6, 6.07) is 0. The Labute approximate surface area is 188 Å². The molecule has 0 radical (unpaired) electrons. The average molecular weight is 447 g/mol. The molecule has 2 nitrogen and oxygen atoms in total. The molecule has 6 atom stereocenters. The highest BCUT2D eigenvalue weighted by atomic mass is 28.4. The van der Waals surface area contributed by atoms with Gasteiger partial charge in [0.2, 0.25) is 8.32 Å². The van der Waals surface area contributed by atoms with Crippen LogP contribution in [0.15, 0.2) is 23.5 Å². The second-order valence-corrected chi connectivity index (χ2v) is 22.3. The third-order valence-corrected chi connectivity index (χ3v) is 11.2. The van der Waals surface area contributed by atoms with E-state index in [0.717, 1.165) is 23.5 Å². The van der Waals surface area contributed by atoms with Crippen molar-refractivity contribution < 1.29 is 8.85 Å². The maximum absolute atomic E-state index is 6.94. The zero-order valence-corrected chi connectivity index (χ0v) is 23.2. The lowest BCUT2D eigenvalue weighted by molar-refractivity contribution is -0.107. The van der Waals surface area contributed by atoms with Gasteiger partial charge in [-0.1, -0.05) is 19.4 Å². The maximum atomic E-state index is 6.94. The highest BCUT2D eigenvalue weighted by Gasteiger charge is 2.63. The van der Waals surface area contributed by atoms with Crippen LogP contribution in [0.5, 0.6) is 0 Å². The van der Waals surface area contributed by atoms with E-state index in [0.29, 0.717) is 10.8 Å². The molecule has 0 aromatic heterocycles. The molecule has 0 heterocycles. The smallest absolute Gasteiger partial charge is 0.242 e. The molecule has 0 spiro atoms. The minimum atomic E-state index is -1.56. The minimum Gasteiger partial charge on any atom is -0.545 e. The standard InChI is InChI=1S/C26H46O2Si2/c1-24-15-12-20(27-29(4,5)6)18-19(24)10-11-21-22(24)13-16-25(2)23(21)14-17-26(25,3)28-30(7,8)9/h12,18,21-23H,10-11,13-17H2,1-9H3. The van der Waals surface area contributed by atoms with Gasteiger partial charge in [0.25, 0.3) is 0 Å². The van der Waals surface area contributed by atoms with Gasteiger partial charge >= 0.3 is 0 Å². The van der Waals surface area contributed by atoms with Crippen molar-refractivity contribution in [3.63, 3.8) is 0 Å². The van der Waals surface area contributed by atoms with E-state index in [1.807, 2.05) is 0 Å². The second kappa shape index (κ2) is 7.08. The molecule has 6 unspecified atom stereocenters. The predicted molar refractivity (Wildman–Crippen MR) is 132 cm³/mol. The normalized spacial score (nSPS) is 43.8. The Balaban J connectivity index is 1.57. The lowest BCUT2D eigenvalue weighted by atomic mass is 9.47. The largest absolute Gasteiger partial charge is 0.545 e. The Kier molecular flexibility index (Phi) is 5.40. The van der Waals surface area contributed by atoms with Gasteiger partial charge in [-0.05, 0) is 132 Å². The molecule has 30 heavy (non-hydrogen) atoms. The highest BCUT2D eigenvalue weighted by Crippen LogP contribution is 2.68. The summed E-state index contributed by atoms with van der Waals surface area (Å²) < 4.78 is 13.3. The first-order valence-electron chi connectivity index (χ1n) is 12.5. The molecular formula is C26H46O2Si2. The third-order valence-electron chi connectivity index (χ3n) is 9.27. The molecule has 0 aliphatic heterocycles. The summed E-state index contributed by atoms with van der Waals surface area (Å²) in [5.41, 5.74) is 2.45. The quantitative estimate of drug-likeness (QED) is 0.408. The van der Waals surface area contributed by atoms with Crippen LogP contribution in [0.3, 0.4) is 0 Å². The molecule has 170 valence electrons. The first-order chi connectivity index (χ1) is 13.7. The van der Waals surface area contributed by atoms with Gasteiger partial charge in [0.05, 0.1) is 11.4 Å². The molecule has 4 heteroatoms. The van der Waals surface area contributed by atoms with Gasteiger partial charge in [-0.25, -0.2) is 0 Å². The van der Waals surface area contributed by atoms with Gasteiger partial charge in [-0.15, -0.1) is 0 Å². The minimum absolute atomic E-state index is 0.0783. The van der Waals surface area contributed by atoms with Crippen molar-refractivity contribution in [1.29, 1.82) is 0 Å². The predicted octanol–water partition coefficient (Wildman–Crippen LogP) is 7.90. The molecule has 3 saturated carbocycles. The van der Waals surface area contributed by atoms with Crippen LogP contribution in [0.2, 0.25) is 39.3 Å². The van der Waals surface area contributed by atoms with Crippen molar-refractivity contribution in [2.24, 2.45) is 28.6 Å². The average Bonchev–Trinajstić information content (AvgIpc) is 2.83. The first kappa shape index (κ1) is 22.9. The van der Waals surface area contributed by atoms with Crippen molar-refractivity contribution in [1.82, 2.24) is 0 Å². The fraction of sp³-hybridized carbons (Fsp3) is 0.846. The summed E-state index contributed by atoms with van der Waals surface area (Å²) in [5, 5.41) is 0. The van der Waals surface area contributed by atoms with Crippen LogP contribution in [0.4, 0.5) is 0 Å². The molecule has 0 N–H and O–H groups in total. The Bertz CT molecular complexity index is 758. The van der Waals surface area contributed by atoms with Crippen molar-refractivity contribution in [2.45, 2.75) is 111 Å². The van der Waals surface area contributed by atoms with Crippen molar-refractivity contribution in [2.75, 3.05) is 0 Å². The van der Waals surface area contributed by atoms with E-state index in [-0.39, 0.29) is 5.60 Å². The lowest BCUT2D eigenvalue weighted by Crippen LogP contribution is -2.56. The van der Waals surface area contributed by atoms with Crippen LogP contribution in [-0.4, -0.2) is 22.2 Å². The summed E-state index contributed by atoms with van der Waals surface area (Å²) in [7, 11) is -3.11. The van der Waals surface area contributed by atoms with Crippen LogP contribution in [0, 0.1) is 28.6 Å². The first-order valence-corrected chi connectivity index (χ1v) is 19.3. The summed E-state index contributed by atoms with van der Waals surface area (Å²) in [6.07, 6.45) is 14.0. The Hall–Kier alpha value is -0.326. The van der Waals surface area contributed by atoms with E-state index in [2.05, 4.69) is 72.2 Å². The fourth-order valence-corrected chi connectivity index (χ4v) is 10.4. The van der Waals surface area contributed by atoms with E-state index in [1.165, 1.54) is 44.9 Å². The zero-order valence-electron chi connectivity index (χ0n) is 21.2. The third kappa shape index (κ3) is 3.73. The number of hydrogen-bond donors (Lipinski definition) is 0. The molecule has 3 fully saturated rings. The Morgan fingerprint density at radius 3 is 2.17 bits per heavy atom. The van der Waals surface area contributed by atoms with Crippen molar-refractivity contribution >= 4 is 16.6 Å². The summed E-state index contributed by atoms with van der Waals surface area (Å²) >= 11 is 0. The number of allylic oxidation sites excluding steroid dienone is 3. The summed E-state index contributed by atoms with van der Waals surface area (Å²) in [4.78, 5) is 0. The van der Waals surface area contributed by atoms with Crippen LogP contribution < -0.4 is 0 Å². The number of fused-ring (bicyclic) bond motifs is 5. The molecule has 0 saturated heterocycles. The van der Waals surface area contributed by atoms with Gasteiger partial charge < -0.3 is 8.85 Å². The summed E-state index contributed by atoms with van der Waals surface area (Å²) in [6.45, 7) is 21.6. The molecule has 0 aromatic carbocycles. The zero-order chi connectivity index (χ0) is 22.2. The van der Waals surface area contributed by atoms with E-state index in [1.54, 1.807) is 5.57 Å². The molecule has 4 aliphatic carbocycles. The molecule has 0 amide bonds. The second-order valence-electron chi connectivity index (χ2n) is 13.5. The number of hydrogen-bond acceptors (Lipinski definition) is 2. The SMILES string of the molecule is CC12CC=C(O[Si](C)(C)C)C=C1CCC1C2CCC2(C)C1CCC2(C)O[Si](C)(C)C. The van der Waals surface area contributed by atoms with Crippen LogP contribution in [0.1, 0.15) is 65.7 Å². The topological polar surface area (TPSA) is 18.5 Å².